The summed E-state index contributed by atoms with van der Waals surface area (Å²) in [6.07, 6.45) is 7.19. The largest absolute Gasteiger partial charge is 0.364 e. The van der Waals surface area contributed by atoms with Crippen LogP contribution >= 0.6 is 0 Å². The average Bonchev–Trinajstić information content (AvgIpc) is 3.29. The van der Waals surface area contributed by atoms with Crippen molar-refractivity contribution in [3.05, 3.63) is 24.5 Å². The van der Waals surface area contributed by atoms with Gasteiger partial charge < -0.3 is 14.8 Å². The maximum atomic E-state index is 12.7. The molecule has 2 aliphatic rings. The fourth-order valence-electron chi connectivity index (χ4n) is 4.13. The molecule has 1 saturated heterocycles. The Balaban J connectivity index is 1.41. The molecule has 1 aliphatic heterocycles. The summed E-state index contributed by atoms with van der Waals surface area (Å²) in [4.78, 5) is 36.7. The smallest absolute Gasteiger partial charge is 0.243 e. The molecule has 31 heavy (non-hydrogen) atoms. The lowest BCUT2D eigenvalue weighted by atomic mass is 10.1. The molecule has 1 unspecified atom stereocenters. The first-order chi connectivity index (χ1) is 15.0. The van der Waals surface area contributed by atoms with Gasteiger partial charge >= 0.3 is 0 Å². The number of aryl methyl sites for hydroxylation is 2. The highest BCUT2D eigenvalue weighted by Gasteiger charge is 2.53. The van der Waals surface area contributed by atoms with Crippen molar-refractivity contribution in [3.8, 4) is 17.5 Å². The summed E-state index contributed by atoms with van der Waals surface area (Å²) in [6, 6.07) is 2.25. The van der Waals surface area contributed by atoms with Crippen molar-refractivity contribution in [2.24, 2.45) is 5.41 Å². The standard InChI is InChI=1S/C21H23N9O/c1-3-30-18(14-8-23-13(2)24-9-14)28-16-17(25-12-26-19(16)30)27-15-4-7-29(10-15)20(31)21(11-22)5-6-21/h8-9,12,15H,3-7,10H2,1-2H3,(H,25,26,27). The number of nitriles is 1. The van der Waals surface area contributed by atoms with E-state index in [-0.39, 0.29) is 11.9 Å². The number of carbonyl (C=O) groups excluding carboxylic acids is 1. The van der Waals surface area contributed by atoms with Gasteiger partial charge in [-0.05, 0) is 33.1 Å². The van der Waals surface area contributed by atoms with E-state index < -0.39 is 5.41 Å². The Labute approximate surface area is 179 Å². The minimum absolute atomic E-state index is 0.0379. The molecule has 3 aromatic rings. The molecule has 2 fully saturated rings. The van der Waals surface area contributed by atoms with E-state index in [1.807, 2.05) is 18.4 Å². The maximum Gasteiger partial charge on any atom is 0.243 e. The van der Waals surface area contributed by atoms with E-state index in [1.165, 1.54) is 6.33 Å². The highest BCUT2D eigenvalue weighted by molar-refractivity contribution is 5.89. The molecule has 1 amide bonds. The van der Waals surface area contributed by atoms with Crippen LogP contribution in [0.1, 0.15) is 32.0 Å². The van der Waals surface area contributed by atoms with Crippen LogP contribution in [0.2, 0.25) is 0 Å². The number of hydrogen-bond acceptors (Lipinski definition) is 8. The molecular formula is C21H23N9O. The zero-order valence-corrected chi connectivity index (χ0v) is 17.5. The van der Waals surface area contributed by atoms with Crippen LogP contribution < -0.4 is 5.32 Å². The number of hydrogen-bond donors (Lipinski definition) is 1. The van der Waals surface area contributed by atoms with Crippen molar-refractivity contribution in [3.63, 3.8) is 0 Å². The number of amides is 1. The topological polar surface area (TPSA) is 126 Å². The predicted octanol–water partition coefficient (Wildman–Crippen LogP) is 1.93. The summed E-state index contributed by atoms with van der Waals surface area (Å²) in [5.41, 5.74) is 1.46. The second-order valence-corrected chi connectivity index (χ2v) is 8.17. The SMILES string of the molecule is CCn1c(-c2cnc(C)nc2)nc2c(NC3CCN(C(=O)C4(C#N)CC4)C3)ncnc21. The molecule has 1 N–H and O–H groups in total. The van der Waals surface area contributed by atoms with E-state index >= 15 is 0 Å². The third-order valence-corrected chi connectivity index (χ3v) is 6.08. The Morgan fingerprint density at radius 1 is 1.29 bits per heavy atom. The van der Waals surface area contributed by atoms with Gasteiger partial charge in [0.25, 0.3) is 0 Å². The van der Waals surface area contributed by atoms with Gasteiger partial charge in [0.15, 0.2) is 17.0 Å². The Hall–Kier alpha value is -3.61. The summed E-state index contributed by atoms with van der Waals surface area (Å²) in [7, 11) is 0. The van der Waals surface area contributed by atoms with Crippen molar-refractivity contribution < 1.29 is 4.79 Å². The Bertz CT molecular complexity index is 1190. The van der Waals surface area contributed by atoms with Crippen molar-refractivity contribution in [2.45, 2.75) is 45.7 Å². The summed E-state index contributed by atoms with van der Waals surface area (Å²) < 4.78 is 2.02. The minimum atomic E-state index is -0.776. The molecule has 5 rings (SSSR count). The zero-order chi connectivity index (χ0) is 21.6. The second kappa shape index (κ2) is 7.27. The Morgan fingerprint density at radius 3 is 2.74 bits per heavy atom. The molecule has 0 spiro atoms. The van der Waals surface area contributed by atoms with Crippen LogP contribution in [0.4, 0.5) is 5.82 Å². The predicted molar refractivity (Wildman–Crippen MR) is 113 cm³/mol. The van der Waals surface area contributed by atoms with Crippen molar-refractivity contribution in [2.75, 3.05) is 18.4 Å². The van der Waals surface area contributed by atoms with Gasteiger partial charge in [-0.2, -0.15) is 5.26 Å². The fraction of sp³-hybridized carbons (Fsp3) is 0.476. The number of anilines is 1. The number of nitrogens with zero attached hydrogens (tertiary/aromatic N) is 8. The zero-order valence-electron chi connectivity index (χ0n) is 17.5. The van der Waals surface area contributed by atoms with Crippen LogP contribution in [0.5, 0.6) is 0 Å². The van der Waals surface area contributed by atoms with E-state index in [0.717, 1.165) is 23.5 Å². The molecule has 3 aromatic heterocycles. The molecular weight excluding hydrogens is 394 g/mol. The third kappa shape index (κ3) is 3.26. The summed E-state index contributed by atoms with van der Waals surface area (Å²) in [5.74, 6) is 2.06. The Morgan fingerprint density at radius 2 is 2.06 bits per heavy atom. The highest BCUT2D eigenvalue weighted by Crippen LogP contribution is 2.47. The van der Waals surface area contributed by atoms with Crippen molar-refractivity contribution in [1.29, 1.82) is 5.26 Å². The number of fused-ring (bicyclic) bond motifs is 1. The first-order valence-electron chi connectivity index (χ1n) is 10.5. The second-order valence-electron chi connectivity index (χ2n) is 8.17. The number of rotatable bonds is 5. The normalized spacial score (nSPS) is 19.4. The summed E-state index contributed by atoms with van der Waals surface area (Å²) >= 11 is 0. The van der Waals surface area contributed by atoms with E-state index in [1.54, 1.807) is 17.3 Å². The summed E-state index contributed by atoms with van der Waals surface area (Å²) in [5, 5.41) is 12.8. The highest BCUT2D eigenvalue weighted by atomic mass is 16.2. The monoisotopic (exact) mass is 417 g/mol. The lowest BCUT2D eigenvalue weighted by Gasteiger charge is -2.19. The molecule has 1 aliphatic carbocycles. The number of likely N-dealkylation sites (tertiary alicyclic amines) is 1. The lowest BCUT2D eigenvalue weighted by Crippen LogP contribution is -2.36. The Kier molecular flexibility index (Phi) is 4.54. The van der Waals surface area contributed by atoms with Crippen LogP contribution in [0.3, 0.4) is 0 Å². The van der Waals surface area contributed by atoms with E-state index in [2.05, 4.69) is 31.3 Å². The first-order valence-corrected chi connectivity index (χ1v) is 10.5. The molecule has 0 aromatic carbocycles. The number of carbonyl (C=O) groups is 1. The fourth-order valence-corrected chi connectivity index (χ4v) is 4.13. The number of aromatic nitrogens is 6. The third-order valence-electron chi connectivity index (χ3n) is 6.08. The molecule has 1 atom stereocenters. The van der Waals surface area contributed by atoms with Crippen LogP contribution in [0, 0.1) is 23.7 Å². The van der Waals surface area contributed by atoms with Gasteiger partial charge in [0, 0.05) is 38.1 Å². The van der Waals surface area contributed by atoms with E-state index in [9.17, 15) is 10.1 Å². The summed E-state index contributed by atoms with van der Waals surface area (Å²) in [6.45, 7) is 5.78. The number of nitrogens with one attached hydrogen (secondary N) is 1. The van der Waals surface area contributed by atoms with E-state index in [4.69, 9.17) is 4.98 Å². The van der Waals surface area contributed by atoms with Crippen LogP contribution in [-0.2, 0) is 11.3 Å². The first kappa shape index (κ1) is 19.4. The lowest BCUT2D eigenvalue weighted by molar-refractivity contribution is -0.133. The van der Waals surface area contributed by atoms with Gasteiger partial charge in [-0.25, -0.2) is 24.9 Å². The molecule has 1 saturated carbocycles. The number of imidazole rings is 1. The molecule has 4 heterocycles. The molecule has 0 radical (unpaired) electrons. The van der Waals surface area contributed by atoms with Crippen molar-refractivity contribution >= 4 is 22.9 Å². The van der Waals surface area contributed by atoms with Gasteiger partial charge in [0.05, 0.1) is 11.6 Å². The molecule has 10 heteroatoms. The van der Waals surface area contributed by atoms with Gasteiger partial charge in [-0.3, -0.25) is 4.79 Å². The quantitative estimate of drug-likeness (QED) is 0.667. The van der Waals surface area contributed by atoms with Gasteiger partial charge in [0.1, 0.15) is 23.4 Å². The van der Waals surface area contributed by atoms with Crippen LogP contribution in [0.25, 0.3) is 22.6 Å². The van der Waals surface area contributed by atoms with Gasteiger partial charge in [-0.1, -0.05) is 0 Å². The van der Waals surface area contributed by atoms with Crippen molar-refractivity contribution in [1.82, 2.24) is 34.4 Å². The van der Waals surface area contributed by atoms with E-state index in [0.29, 0.717) is 49.6 Å². The van der Waals surface area contributed by atoms with Gasteiger partial charge in [0.2, 0.25) is 5.91 Å². The van der Waals surface area contributed by atoms with Gasteiger partial charge in [-0.15, -0.1) is 0 Å². The molecule has 0 bridgehead atoms. The van der Waals surface area contributed by atoms with Crippen LogP contribution in [-0.4, -0.2) is 59.4 Å². The molecule has 158 valence electrons. The van der Waals surface area contributed by atoms with Crippen LogP contribution in [0.15, 0.2) is 18.7 Å². The average molecular weight is 417 g/mol. The minimum Gasteiger partial charge on any atom is -0.364 e. The molecule has 10 nitrogen and oxygen atoms in total. The maximum absolute atomic E-state index is 12.7.